The molecule has 114 valence electrons. The standard InChI is InChI=1S/C14H17ClN4O.ClH/c15-9-4-2-6-11-13(9)19-14(17-11)18-12(20)7-8-3-1-5-10(8)16;/h2,4,6,8,10H,1,3,5,7,16H2,(H2,17,18,19,20);1H/t8-,10+;/m0./s1. The Morgan fingerprint density at radius 3 is 2.95 bits per heavy atom. The van der Waals surface area contributed by atoms with Crippen LogP contribution in [0.1, 0.15) is 25.7 Å². The monoisotopic (exact) mass is 328 g/mol. The van der Waals surface area contributed by atoms with E-state index in [4.69, 9.17) is 17.3 Å². The number of nitrogens with two attached hydrogens (primary N) is 1. The van der Waals surface area contributed by atoms with Gasteiger partial charge in [0.05, 0.1) is 10.5 Å². The zero-order valence-corrected chi connectivity index (χ0v) is 13.0. The Morgan fingerprint density at radius 1 is 1.48 bits per heavy atom. The fraction of sp³-hybridized carbons (Fsp3) is 0.429. The molecule has 1 amide bonds. The molecule has 1 fully saturated rings. The number of aromatic nitrogens is 2. The van der Waals surface area contributed by atoms with E-state index >= 15 is 0 Å². The molecule has 21 heavy (non-hydrogen) atoms. The fourth-order valence-corrected chi connectivity index (χ4v) is 3.01. The molecule has 0 unspecified atom stereocenters. The van der Waals surface area contributed by atoms with Crippen LogP contribution >= 0.6 is 24.0 Å². The lowest BCUT2D eigenvalue weighted by molar-refractivity contribution is -0.117. The van der Waals surface area contributed by atoms with Crippen LogP contribution in [-0.4, -0.2) is 21.9 Å². The molecular weight excluding hydrogens is 311 g/mol. The Labute approximate surface area is 134 Å². The summed E-state index contributed by atoms with van der Waals surface area (Å²) in [6.07, 6.45) is 3.60. The number of carbonyl (C=O) groups is 1. The SMILES string of the molecule is Cl.N[C@@H]1CCC[C@H]1CC(=O)Nc1nc2c(Cl)cccc2[nH]1. The van der Waals surface area contributed by atoms with Crippen LogP contribution in [0.3, 0.4) is 0 Å². The molecule has 7 heteroatoms. The number of fused-ring (bicyclic) bond motifs is 1. The average molecular weight is 329 g/mol. The smallest absolute Gasteiger partial charge is 0.227 e. The van der Waals surface area contributed by atoms with Gasteiger partial charge in [0.25, 0.3) is 0 Å². The summed E-state index contributed by atoms with van der Waals surface area (Å²) in [7, 11) is 0. The fourth-order valence-electron chi connectivity index (χ4n) is 2.80. The minimum Gasteiger partial charge on any atom is -0.327 e. The summed E-state index contributed by atoms with van der Waals surface area (Å²) in [6.45, 7) is 0. The molecule has 2 atom stereocenters. The average Bonchev–Trinajstić information content (AvgIpc) is 2.97. The van der Waals surface area contributed by atoms with Gasteiger partial charge in [-0.15, -0.1) is 12.4 Å². The Balaban J connectivity index is 0.00000161. The van der Waals surface area contributed by atoms with Crippen LogP contribution in [0, 0.1) is 5.92 Å². The summed E-state index contributed by atoms with van der Waals surface area (Å²) < 4.78 is 0. The zero-order chi connectivity index (χ0) is 14.1. The number of halogens is 2. The van der Waals surface area contributed by atoms with Gasteiger partial charge in [-0.05, 0) is 30.9 Å². The maximum absolute atomic E-state index is 12.0. The Kier molecular flexibility index (Phi) is 5.08. The largest absolute Gasteiger partial charge is 0.327 e. The lowest BCUT2D eigenvalue weighted by atomic mass is 10.00. The number of aromatic amines is 1. The highest BCUT2D eigenvalue weighted by atomic mass is 35.5. The number of rotatable bonds is 3. The summed E-state index contributed by atoms with van der Waals surface area (Å²) in [5, 5.41) is 3.35. The van der Waals surface area contributed by atoms with Gasteiger partial charge in [0.15, 0.2) is 0 Å². The molecule has 1 aliphatic rings. The third kappa shape index (κ3) is 3.48. The lowest BCUT2D eigenvalue weighted by Crippen LogP contribution is -2.28. The van der Waals surface area contributed by atoms with E-state index in [0.29, 0.717) is 22.9 Å². The van der Waals surface area contributed by atoms with E-state index in [-0.39, 0.29) is 30.3 Å². The lowest BCUT2D eigenvalue weighted by Gasteiger charge is -2.13. The molecule has 0 bridgehead atoms. The van der Waals surface area contributed by atoms with Crippen LogP contribution in [-0.2, 0) is 4.79 Å². The van der Waals surface area contributed by atoms with E-state index in [1.165, 1.54) is 0 Å². The van der Waals surface area contributed by atoms with Crippen LogP contribution in [0.5, 0.6) is 0 Å². The van der Waals surface area contributed by atoms with Gasteiger partial charge in [-0.2, -0.15) is 0 Å². The van der Waals surface area contributed by atoms with E-state index in [9.17, 15) is 4.79 Å². The van der Waals surface area contributed by atoms with Crippen molar-refractivity contribution < 1.29 is 4.79 Å². The molecule has 0 radical (unpaired) electrons. The molecule has 0 aliphatic heterocycles. The minimum atomic E-state index is -0.0532. The first-order chi connectivity index (χ1) is 9.63. The predicted molar refractivity (Wildman–Crippen MR) is 86.9 cm³/mol. The van der Waals surface area contributed by atoms with Gasteiger partial charge in [-0.3, -0.25) is 10.1 Å². The second-order valence-corrected chi connectivity index (χ2v) is 5.74. The normalized spacial score (nSPS) is 21.2. The second kappa shape index (κ2) is 6.64. The van der Waals surface area contributed by atoms with Crippen molar-refractivity contribution in [1.82, 2.24) is 9.97 Å². The van der Waals surface area contributed by atoms with Crippen LogP contribution in [0.2, 0.25) is 5.02 Å². The van der Waals surface area contributed by atoms with Gasteiger partial charge in [0, 0.05) is 12.5 Å². The number of hydrogen-bond donors (Lipinski definition) is 3. The topological polar surface area (TPSA) is 83.8 Å². The minimum absolute atomic E-state index is 0. The summed E-state index contributed by atoms with van der Waals surface area (Å²) in [4.78, 5) is 19.4. The highest BCUT2D eigenvalue weighted by molar-refractivity contribution is 6.35. The maximum Gasteiger partial charge on any atom is 0.227 e. The Bertz CT molecular complexity index is 643. The third-order valence-corrected chi connectivity index (χ3v) is 4.19. The molecular formula is C14H18Cl2N4O. The number of benzene rings is 1. The number of para-hydroxylation sites is 1. The molecule has 0 spiro atoms. The number of imidazole rings is 1. The molecule has 5 nitrogen and oxygen atoms in total. The molecule has 1 saturated carbocycles. The molecule has 4 N–H and O–H groups in total. The van der Waals surface area contributed by atoms with Gasteiger partial charge in [-0.25, -0.2) is 4.98 Å². The maximum atomic E-state index is 12.0. The van der Waals surface area contributed by atoms with Crippen LogP contribution < -0.4 is 11.1 Å². The van der Waals surface area contributed by atoms with Crippen molar-refractivity contribution in [3.8, 4) is 0 Å². The van der Waals surface area contributed by atoms with Crippen molar-refractivity contribution in [2.45, 2.75) is 31.7 Å². The van der Waals surface area contributed by atoms with Crippen LogP contribution in [0.15, 0.2) is 18.2 Å². The van der Waals surface area contributed by atoms with E-state index in [2.05, 4.69) is 15.3 Å². The van der Waals surface area contributed by atoms with Crippen LogP contribution in [0.25, 0.3) is 11.0 Å². The summed E-state index contributed by atoms with van der Waals surface area (Å²) in [6, 6.07) is 5.63. The Morgan fingerprint density at radius 2 is 2.29 bits per heavy atom. The molecule has 3 rings (SSSR count). The first-order valence-electron chi connectivity index (χ1n) is 6.83. The van der Waals surface area contributed by atoms with E-state index in [1.54, 1.807) is 6.07 Å². The van der Waals surface area contributed by atoms with E-state index in [0.717, 1.165) is 24.8 Å². The first-order valence-corrected chi connectivity index (χ1v) is 7.21. The molecule has 1 aliphatic carbocycles. The summed E-state index contributed by atoms with van der Waals surface area (Å²) >= 11 is 6.05. The third-order valence-electron chi connectivity index (χ3n) is 3.89. The molecule has 0 saturated heterocycles. The first kappa shape index (κ1) is 16.1. The van der Waals surface area contributed by atoms with Crippen LogP contribution in [0.4, 0.5) is 5.95 Å². The van der Waals surface area contributed by atoms with Gasteiger partial charge < -0.3 is 10.7 Å². The quantitative estimate of drug-likeness (QED) is 0.809. The van der Waals surface area contributed by atoms with Gasteiger partial charge >= 0.3 is 0 Å². The number of H-pyrrole nitrogens is 1. The van der Waals surface area contributed by atoms with Gasteiger partial charge in [0.2, 0.25) is 11.9 Å². The zero-order valence-electron chi connectivity index (χ0n) is 11.4. The van der Waals surface area contributed by atoms with Crippen molar-refractivity contribution in [3.05, 3.63) is 23.2 Å². The van der Waals surface area contributed by atoms with Gasteiger partial charge in [0.1, 0.15) is 5.52 Å². The predicted octanol–water partition coefficient (Wildman–Crippen LogP) is 3.09. The second-order valence-electron chi connectivity index (χ2n) is 5.33. The van der Waals surface area contributed by atoms with Gasteiger partial charge in [-0.1, -0.05) is 24.1 Å². The van der Waals surface area contributed by atoms with Crippen molar-refractivity contribution >= 4 is 46.9 Å². The van der Waals surface area contributed by atoms with Crippen molar-refractivity contribution in [2.24, 2.45) is 11.7 Å². The Hall–Kier alpha value is -1.30. The van der Waals surface area contributed by atoms with Crippen molar-refractivity contribution in [2.75, 3.05) is 5.32 Å². The van der Waals surface area contributed by atoms with E-state index in [1.807, 2.05) is 12.1 Å². The van der Waals surface area contributed by atoms with E-state index < -0.39 is 0 Å². The summed E-state index contributed by atoms with van der Waals surface area (Å²) in [5.74, 6) is 0.662. The number of anilines is 1. The molecule has 1 aromatic carbocycles. The number of hydrogen-bond acceptors (Lipinski definition) is 3. The molecule has 1 heterocycles. The number of amides is 1. The number of carbonyl (C=O) groups excluding carboxylic acids is 1. The molecule has 1 aromatic heterocycles. The summed E-state index contributed by atoms with van der Waals surface area (Å²) in [5.41, 5.74) is 7.46. The highest BCUT2D eigenvalue weighted by Gasteiger charge is 2.26. The van der Waals surface area contributed by atoms with Crippen molar-refractivity contribution in [1.29, 1.82) is 0 Å². The van der Waals surface area contributed by atoms with Crippen molar-refractivity contribution in [3.63, 3.8) is 0 Å². The highest BCUT2D eigenvalue weighted by Crippen LogP contribution is 2.27. The number of nitrogens with one attached hydrogen (secondary N) is 2. The number of nitrogens with zero attached hydrogens (tertiary/aromatic N) is 1. The molecule has 2 aromatic rings.